The van der Waals surface area contributed by atoms with E-state index in [1.54, 1.807) is 10.9 Å². The molecule has 0 spiro atoms. The van der Waals surface area contributed by atoms with Gasteiger partial charge in [0.05, 0.1) is 11.8 Å². The molecular formula is C11H19ClN4O. The van der Waals surface area contributed by atoms with E-state index in [9.17, 15) is 4.79 Å². The van der Waals surface area contributed by atoms with E-state index in [1.165, 1.54) is 0 Å². The molecule has 0 radical (unpaired) electrons. The highest BCUT2D eigenvalue weighted by atomic mass is 35.5. The molecule has 0 aromatic carbocycles. The lowest BCUT2D eigenvalue weighted by molar-refractivity contribution is 0.0765. The topological polar surface area (TPSA) is 50.2 Å². The van der Waals surface area contributed by atoms with Gasteiger partial charge in [-0.15, -0.1) is 12.4 Å². The van der Waals surface area contributed by atoms with E-state index in [4.69, 9.17) is 0 Å². The Morgan fingerprint density at radius 3 is 2.82 bits per heavy atom. The van der Waals surface area contributed by atoms with E-state index in [-0.39, 0.29) is 18.3 Å². The Balaban J connectivity index is 0.00000144. The fourth-order valence-corrected chi connectivity index (χ4v) is 1.93. The van der Waals surface area contributed by atoms with Crippen LogP contribution in [0.2, 0.25) is 0 Å². The zero-order valence-electron chi connectivity index (χ0n) is 10.3. The van der Waals surface area contributed by atoms with Crippen molar-refractivity contribution in [1.82, 2.24) is 20.0 Å². The van der Waals surface area contributed by atoms with Gasteiger partial charge >= 0.3 is 0 Å². The van der Waals surface area contributed by atoms with Gasteiger partial charge in [-0.1, -0.05) is 0 Å². The van der Waals surface area contributed by atoms with Crippen LogP contribution in [-0.4, -0.2) is 46.8 Å². The van der Waals surface area contributed by atoms with Crippen LogP contribution in [0.3, 0.4) is 0 Å². The summed E-state index contributed by atoms with van der Waals surface area (Å²) in [4.78, 5) is 14.1. The standard InChI is InChI=1S/C11H18N4O.ClH/c1-9-10(8-13-14(9)2)11(16)15-6-3-4-12-5-7-15;/h8,12H,3-7H2,1-2H3;1H. The molecule has 1 saturated heterocycles. The Morgan fingerprint density at radius 2 is 2.18 bits per heavy atom. The van der Waals surface area contributed by atoms with Gasteiger partial charge in [-0.25, -0.2) is 0 Å². The number of aromatic nitrogens is 2. The summed E-state index contributed by atoms with van der Waals surface area (Å²) >= 11 is 0. The quantitative estimate of drug-likeness (QED) is 0.802. The highest BCUT2D eigenvalue weighted by Gasteiger charge is 2.20. The summed E-state index contributed by atoms with van der Waals surface area (Å²) in [5.41, 5.74) is 1.66. The second kappa shape index (κ2) is 6.02. The third-order valence-electron chi connectivity index (χ3n) is 3.09. The lowest BCUT2D eigenvalue weighted by atomic mass is 10.2. The molecule has 5 nitrogen and oxygen atoms in total. The maximum absolute atomic E-state index is 12.2. The third kappa shape index (κ3) is 2.98. The minimum Gasteiger partial charge on any atom is -0.337 e. The average molecular weight is 259 g/mol. The van der Waals surface area contributed by atoms with Crippen molar-refractivity contribution < 1.29 is 4.79 Å². The van der Waals surface area contributed by atoms with E-state index in [0.717, 1.165) is 43.9 Å². The predicted molar refractivity (Wildman–Crippen MR) is 68.6 cm³/mol. The molecule has 2 rings (SSSR count). The van der Waals surface area contributed by atoms with Gasteiger partial charge in [0, 0.05) is 32.4 Å². The molecule has 1 aliphatic heterocycles. The van der Waals surface area contributed by atoms with Gasteiger partial charge < -0.3 is 10.2 Å². The lowest BCUT2D eigenvalue weighted by Gasteiger charge is -2.19. The molecule has 0 bridgehead atoms. The second-order valence-corrected chi connectivity index (χ2v) is 4.16. The highest BCUT2D eigenvalue weighted by Crippen LogP contribution is 2.10. The molecule has 1 amide bonds. The van der Waals surface area contributed by atoms with Crippen LogP contribution in [0.15, 0.2) is 6.20 Å². The molecule has 1 N–H and O–H groups in total. The van der Waals surface area contributed by atoms with Crippen LogP contribution in [0.4, 0.5) is 0 Å². The summed E-state index contributed by atoms with van der Waals surface area (Å²) in [6.07, 6.45) is 2.68. The maximum atomic E-state index is 12.2. The summed E-state index contributed by atoms with van der Waals surface area (Å²) < 4.78 is 1.74. The van der Waals surface area contributed by atoms with E-state index >= 15 is 0 Å². The average Bonchev–Trinajstić information content (AvgIpc) is 2.53. The molecule has 0 unspecified atom stereocenters. The summed E-state index contributed by atoms with van der Waals surface area (Å²) in [5, 5.41) is 7.40. The number of carbonyl (C=O) groups is 1. The third-order valence-corrected chi connectivity index (χ3v) is 3.09. The van der Waals surface area contributed by atoms with Crippen molar-refractivity contribution in [3.8, 4) is 0 Å². The van der Waals surface area contributed by atoms with E-state index < -0.39 is 0 Å². The predicted octanol–water partition coefficient (Wildman–Crippen LogP) is 0.586. The molecule has 0 aliphatic carbocycles. The number of hydrogen-bond acceptors (Lipinski definition) is 3. The lowest BCUT2D eigenvalue weighted by Crippen LogP contribution is -2.34. The van der Waals surface area contributed by atoms with Crippen LogP contribution in [0.1, 0.15) is 22.5 Å². The molecule has 96 valence electrons. The van der Waals surface area contributed by atoms with Crippen LogP contribution in [-0.2, 0) is 7.05 Å². The first-order valence-corrected chi connectivity index (χ1v) is 5.68. The highest BCUT2D eigenvalue weighted by molar-refractivity contribution is 5.95. The Hall–Kier alpha value is -1.07. The fraction of sp³-hybridized carbons (Fsp3) is 0.636. The van der Waals surface area contributed by atoms with Crippen molar-refractivity contribution in [3.05, 3.63) is 17.5 Å². The number of rotatable bonds is 1. The molecule has 17 heavy (non-hydrogen) atoms. The molecular weight excluding hydrogens is 240 g/mol. The zero-order valence-corrected chi connectivity index (χ0v) is 11.1. The maximum Gasteiger partial charge on any atom is 0.257 e. The zero-order chi connectivity index (χ0) is 11.5. The second-order valence-electron chi connectivity index (χ2n) is 4.16. The molecule has 0 saturated carbocycles. The first-order chi connectivity index (χ1) is 7.70. The number of halogens is 1. The summed E-state index contributed by atoms with van der Waals surface area (Å²) in [6, 6.07) is 0. The van der Waals surface area contributed by atoms with Gasteiger partial charge in [0.1, 0.15) is 0 Å². The van der Waals surface area contributed by atoms with Gasteiger partial charge in [-0.05, 0) is 19.9 Å². The van der Waals surface area contributed by atoms with E-state index in [2.05, 4.69) is 10.4 Å². The Bertz CT molecular complexity index is 383. The number of amides is 1. The number of nitrogens with one attached hydrogen (secondary N) is 1. The van der Waals surface area contributed by atoms with Crippen molar-refractivity contribution in [2.45, 2.75) is 13.3 Å². The fourth-order valence-electron chi connectivity index (χ4n) is 1.93. The van der Waals surface area contributed by atoms with Crippen LogP contribution in [0, 0.1) is 6.92 Å². The first kappa shape index (κ1) is 14.0. The molecule has 1 aromatic rings. The molecule has 1 aliphatic rings. The SMILES string of the molecule is Cc1c(C(=O)N2CCCNCC2)cnn1C.Cl. The Kier molecular flexibility index (Phi) is 4.96. The van der Waals surface area contributed by atoms with Crippen LogP contribution < -0.4 is 5.32 Å². The van der Waals surface area contributed by atoms with Crippen molar-refractivity contribution in [3.63, 3.8) is 0 Å². The van der Waals surface area contributed by atoms with Crippen molar-refractivity contribution in [1.29, 1.82) is 0 Å². The number of carbonyl (C=O) groups excluding carboxylic acids is 1. The molecule has 2 heterocycles. The van der Waals surface area contributed by atoms with Crippen molar-refractivity contribution in [2.24, 2.45) is 7.05 Å². The number of hydrogen-bond donors (Lipinski definition) is 1. The van der Waals surface area contributed by atoms with Crippen LogP contribution >= 0.6 is 12.4 Å². The number of nitrogens with zero attached hydrogens (tertiary/aromatic N) is 3. The minimum atomic E-state index is 0. The Morgan fingerprint density at radius 1 is 1.41 bits per heavy atom. The molecule has 6 heteroatoms. The largest absolute Gasteiger partial charge is 0.337 e. The van der Waals surface area contributed by atoms with Gasteiger partial charge in [-0.3, -0.25) is 9.48 Å². The van der Waals surface area contributed by atoms with Crippen molar-refractivity contribution >= 4 is 18.3 Å². The van der Waals surface area contributed by atoms with Crippen LogP contribution in [0.25, 0.3) is 0 Å². The monoisotopic (exact) mass is 258 g/mol. The van der Waals surface area contributed by atoms with Crippen molar-refractivity contribution in [2.75, 3.05) is 26.2 Å². The van der Waals surface area contributed by atoms with E-state index in [0.29, 0.717) is 0 Å². The van der Waals surface area contributed by atoms with Crippen LogP contribution in [0.5, 0.6) is 0 Å². The normalized spacial score (nSPS) is 16.2. The summed E-state index contributed by atoms with van der Waals surface area (Å²) in [7, 11) is 1.86. The summed E-state index contributed by atoms with van der Waals surface area (Å²) in [5.74, 6) is 0.106. The smallest absolute Gasteiger partial charge is 0.257 e. The van der Waals surface area contributed by atoms with Gasteiger partial charge in [-0.2, -0.15) is 5.10 Å². The number of aryl methyl sites for hydroxylation is 1. The van der Waals surface area contributed by atoms with E-state index in [1.807, 2.05) is 18.9 Å². The first-order valence-electron chi connectivity index (χ1n) is 5.68. The minimum absolute atomic E-state index is 0. The Labute approximate surface area is 108 Å². The summed E-state index contributed by atoms with van der Waals surface area (Å²) in [6.45, 7) is 5.42. The van der Waals surface area contributed by atoms with Gasteiger partial charge in [0.2, 0.25) is 0 Å². The molecule has 1 fully saturated rings. The van der Waals surface area contributed by atoms with Gasteiger partial charge in [0.25, 0.3) is 5.91 Å². The molecule has 1 aromatic heterocycles. The van der Waals surface area contributed by atoms with Gasteiger partial charge in [0.15, 0.2) is 0 Å². The molecule has 0 atom stereocenters.